The molecule has 2 aromatic carbocycles. The SMILES string of the molecule is C#Cc1cccc2cccc(-c3ncc4c(NCC5(N(C)C)CCC5)nc(OC[C@@]56CCCN5C[C@H](F)C6)nc4c3F)c12. The molecule has 0 unspecified atom stereocenters. The van der Waals surface area contributed by atoms with Gasteiger partial charge in [-0.3, -0.25) is 9.88 Å². The Bertz CT molecular complexity index is 1740. The number of fused-ring (bicyclic) bond motifs is 3. The first-order valence-corrected chi connectivity index (χ1v) is 15.1. The quantitative estimate of drug-likeness (QED) is 0.263. The Kier molecular flexibility index (Phi) is 6.94. The highest BCUT2D eigenvalue weighted by atomic mass is 19.1. The number of halogens is 2. The van der Waals surface area contributed by atoms with E-state index in [0.29, 0.717) is 41.8 Å². The Morgan fingerprint density at radius 1 is 1.14 bits per heavy atom. The molecular weight excluding hydrogens is 546 g/mol. The molecule has 1 aliphatic carbocycles. The lowest BCUT2D eigenvalue weighted by Crippen LogP contribution is -2.54. The van der Waals surface area contributed by atoms with E-state index >= 15 is 4.39 Å². The van der Waals surface area contributed by atoms with E-state index < -0.39 is 12.0 Å². The van der Waals surface area contributed by atoms with E-state index in [0.717, 1.165) is 49.4 Å². The molecular formula is C34H36F2N6O. The topological polar surface area (TPSA) is 66.4 Å². The fourth-order valence-corrected chi connectivity index (χ4v) is 7.34. The number of pyridine rings is 1. The predicted molar refractivity (Wildman–Crippen MR) is 165 cm³/mol. The number of aromatic nitrogens is 3. The zero-order chi connectivity index (χ0) is 29.8. The molecule has 7 rings (SSSR count). The molecule has 2 aliphatic heterocycles. The molecule has 7 nitrogen and oxygen atoms in total. The molecule has 2 aromatic heterocycles. The summed E-state index contributed by atoms with van der Waals surface area (Å²) >= 11 is 0. The number of likely N-dealkylation sites (N-methyl/N-ethyl adjacent to an activating group) is 1. The monoisotopic (exact) mass is 582 g/mol. The van der Waals surface area contributed by atoms with Gasteiger partial charge >= 0.3 is 6.01 Å². The molecule has 0 radical (unpaired) electrons. The highest BCUT2D eigenvalue weighted by Crippen LogP contribution is 2.41. The summed E-state index contributed by atoms with van der Waals surface area (Å²) in [6, 6.07) is 11.4. The zero-order valence-corrected chi connectivity index (χ0v) is 24.7. The van der Waals surface area contributed by atoms with Crippen molar-refractivity contribution >= 4 is 27.5 Å². The fourth-order valence-electron chi connectivity index (χ4n) is 7.34. The summed E-state index contributed by atoms with van der Waals surface area (Å²) in [6.45, 7) is 2.19. The zero-order valence-electron chi connectivity index (χ0n) is 24.7. The predicted octanol–water partition coefficient (Wildman–Crippen LogP) is 5.82. The standard InChI is InChI=1S/C34H36F2N6O/c1-4-22-9-5-10-23-11-6-12-25(27(22)23)29-28(36)30-26(18-37-29)31(38-20-33(41(2)3)13-7-14-33)40-32(39-30)43-21-34-15-8-16-42(34)19-24(35)17-34/h1,5-6,9-12,18,24H,7-8,13-17,19-21H2,2-3H3,(H,38,39,40)/t24-,34+/m1/s1. The van der Waals surface area contributed by atoms with Crippen LogP contribution in [-0.2, 0) is 0 Å². The number of nitrogens with zero attached hydrogens (tertiary/aromatic N) is 5. The minimum absolute atomic E-state index is 0.00207. The van der Waals surface area contributed by atoms with Crippen molar-refractivity contribution in [1.29, 1.82) is 0 Å². The second kappa shape index (κ2) is 10.7. The van der Waals surface area contributed by atoms with Gasteiger partial charge < -0.3 is 15.0 Å². The van der Waals surface area contributed by atoms with Gasteiger partial charge in [-0.15, -0.1) is 6.42 Å². The second-order valence-electron chi connectivity index (χ2n) is 12.6. The van der Waals surface area contributed by atoms with Gasteiger partial charge in [0.1, 0.15) is 29.8 Å². The number of benzene rings is 2. The number of hydrogen-bond acceptors (Lipinski definition) is 7. The average molecular weight is 583 g/mol. The van der Waals surface area contributed by atoms with Crippen LogP contribution in [0.1, 0.15) is 44.1 Å². The molecule has 9 heteroatoms. The first kappa shape index (κ1) is 27.9. The molecule has 2 atom stereocenters. The van der Waals surface area contributed by atoms with Crippen molar-refractivity contribution in [3.8, 4) is 29.6 Å². The lowest BCUT2D eigenvalue weighted by Gasteiger charge is -2.47. The molecule has 0 bridgehead atoms. The van der Waals surface area contributed by atoms with E-state index in [9.17, 15) is 4.39 Å². The molecule has 4 heterocycles. The van der Waals surface area contributed by atoms with Crippen LogP contribution < -0.4 is 10.1 Å². The van der Waals surface area contributed by atoms with Gasteiger partial charge in [-0.2, -0.15) is 9.97 Å². The van der Waals surface area contributed by atoms with Gasteiger partial charge in [-0.1, -0.05) is 36.3 Å². The Balaban J connectivity index is 1.31. The minimum Gasteiger partial charge on any atom is -0.461 e. The number of alkyl halides is 1. The minimum atomic E-state index is -0.872. The van der Waals surface area contributed by atoms with E-state index in [2.05, 4.69) is 45.1 Å². The molecule has 4 aromatic rings. The van der Waals surface area contributed by atoms with E-state index in [1.165, 1.54) is 0 Å². The maximum atomic E-state index is 16.6. The number of anilines is 1. The number of terminal acetylenes is 1. The van der Waals surface area contributed by atoms with E-state index in [1.807, 2.05) is 36.4 Å². The molecule has 43 heavy (non-hydrogen) atoms. The average Bonchev–Trinajstić information content (AvgIpc) is 3.50. The van der Waals surface area contributed by atoms with Crippen LogP contribution in [-0.4, -0.2) is 82.3 Å². The molecule has 2 saturated heterocycles. The maximum Gasteiger partial charge on any atom is 0.319 e. The van der Waals surface area contributed by atoms with Crippen molar-refractivity contribution < 1.29 is 13.5 Å². The van der Waals surface area contributed by atoms with Gasteiger partial charge in [-0.05, 0) is 64.2 Å². The summed E-state index contributed by atoms with van der Waals surface area (Å²) < 4.78 is 37.3. The highest BCUT2D eigenvalue weighted by molar-refractivity contribution is 6.01. The van der Waals surface area contributed by atoms with Gasteiger partial charge in [0, 0.05) is 47.8 Å². The highest BCUT2D eigenvalue weighted by Gasteiger charge is 2.49. The largest absolute Gasteiger partial charge is 0.461 e. The number of ether oxygens (including phenoxy) is 1. The molecule has 0 spiro atoms. The van der Waals surface area contributed by atoms with Gasteiger partial charge in [-0.25, -0.2) is 8.78 Å². The van der Waals surface area contributed by atoms with Gasteiger partial charge in [0.2, 0.25) is 0 Å². The maximum absolute atomic E-state index is 16.6. The molecule has 1 saturated carbocycles. The van der Waals surface area contributed by atoms with Crippen molar-refractivity contribution in [3.05, 3.63) is 54.0 Å². The third kappa shape index (κ3) is 4.68. The summed E-state index contributed by atoms with van der Waals surface area (Å²) in [6.07, 6.45) is 12.2. The molecule has 222 valence electrons. The smallest absolute Gasteiger partial charge is 0.319 e. The van der Waals surface area contributed by atoms with Crippen LogP contribution in [0.5, 0.6) is 6.01 Å². The first-order chi connectivity index (χ1) is 20.8. The van der Waals surface area contributed by atoms with Crippen molar-refractivity contribution in [2.75, 3.05) is 45.7 Å². The van der Waals surface area contributed by atoms with Crippen LogP contribution in [0, 0.1) is 18.2 Å². The van der Waals surface area contributed by atoms with Gasteiger partial charge in [0.05, 0.1) is 10.9 Å². The fraction of sp³-hybridized carbons (Fsp3) is 0.441. The summed E-state index contributed by atoms with van der Waals surface area (Å²) in [7, 11) is 4.17. The van der Waals surface area contributed by atoms with Crippen LogP contribution in [0.2, 0.25) is 0 Å². The van der Waals surface area contributed by atoms with Crippen LogP contribution in [0.15, 0.2) is 42.6 Å². The van der Waals surface area contributed by atoms with E-state index in [-0.39, 0.29) is 34.9 Å². The molecule has 0 amide bonds. The summed E-state index contributed by atoms with van der Waals surface area (Å²) in [4.78, 5) is 18.3. The first-order valence-electron chi connectivity index (χ1n) is 15.1. The lowest BCUT2D eigenvalue weighted by molar-refractivity contribution is 0.0738. The van der Waals surface area contributed by atoms with Crippen molar-refractivity contribution in [3.63, 3.8) is 0 Å². The van der Waals surface area contributed by atoms with E-state index in [1.54, 1.807) is 6.20 Å². The Hall–Kier alpha value is -3.87. The third-order valence-electron chi connectivity index (χ3n) is 10.0. The summed E-state index contributed by atoms with van der Waals surface area (Å²) in [5.41, 5.74) is 1.18. The van der Waals surface area contributed by atoms with Crippen LogP contribution >= 0.6 is 0 Å². The third-order valence-corrected chi connectivity index (χ3v) is 10.0. The summed E-state index contributed by atoms with van der Waals surface area (Å²) in [5.74, 6) is 2.64. The van der Waals surface area contributed by atoms with Crippen molar-refractivity contribution in [2.24, 2.45) is 0 Å². The van der Waals surface area contributed by atoms with Crippen LogP contribution in [0.25, 0.3) is 32.9 Å². The van der Waals surface area contributed by atoms with Gasteiger partial charge in [0.25, 0.3) is 0 Å². The number of nitrogens with one attached hydrogen (secondary N) is 1. The molecule has 1 N–H and O–H groups in total. The number of hydrogen-bond donors (Lipinski definition) is 1. The lowest BCUT2D eigenvalue weighted by atomic mass is 9.75. The number of rotatable bonds is 8. The Morgan fingerprint density at radius 2 is 1.95 bits per heavy atom. The van der Waals surface area contributed by atoms with Crippen molar-refractivity contribution in [2.45, 2.75) is 55.8 Å². The Labute approximate surface area is 250 Å². The van der Waals surface area contributed by atoms with Crippen LogP contribution in [0.4, 0.5) is 14.6 Å². The normalized spacial score (nSPS) is 22.9. The van der Waals surface area contributed by atoms with Crippen molar-refractivity contribution in [1.82, 2.24) is 24.8 Å². The second-order valence-corrected chi connectivity index (χ2v) is 12.6. The summed E-state index contributed by atoms with van der Waals surface area (Å²) in [5, 5.41) is 5.64. The Morgan fingerprint density at radius 3 is 2.70 bits per heavy atom. The molecule has 3 aliphatic rings. The van der Waals surface area contributed by atoms with E-state index in [4.69, 9.17) is 16.1 Å². The molecule has 3 fully saturated rings. The van der Waals surface area contributed by atoms with Gasteiger partial charge in [0.15, 0.2) is 5.82 Å². The van der Waals surface area contributed by atoms with Crippen LogP contribution in [0.3, 0.4) is 0 Å².